The Morgan fingerprint density at radius 3 is 2.00 bits per heavy atom. The molecule has 0 saturated carbocycles. The van der Waals surface area contributed by atoms with Crippen molar-refractivity contribution < 1.29 is 14.3 Å². The van der Waals surface area contributed by atoms with Crippen molar-refractivity contribution in [1.29, 1.82) is 0 Å². The van der Waals surface area contributed by atoms with Gasteiger partial charge < -0.3 is 10.1 Å². The Kier molecular flexibility index (Phi) is 4.01. The van der Waals surface area contributed by atoms with Gasteiger partial charge in [-0.3, -0.25) is 9.59 Å². The van der Waals surface area contributed by atoms with Crippen LogP contribution in [-0.2, 0) is 4.74 Å². The smallest absolute Gasteiger partial charge is 0.199 e. The first-order valence-electron chi connectivity index (χ1n) is 7.74. The maximum Gasteiger partial charge on any atom is 0.199 e. The molecule has 1 aliphatic rings. The minimum absolute atomic E-state index is 0.233. The number of ketones is 2. The summed E-state index contributed by atoms with van der Waals surface area (Å²) in [5, 5.41) is 3.16. The fourth-order valence-electron chi connectivity index (χ4n) is 3.12. The molecule has 4 nitrogen and oxygen atoms in total. The van der Waals surface area contributed by atoms with Gasteiger partial charge in [-0.15, -0.1) is 0 Å². The van der Waals surface area contributed by atoms with Crippen LogP contribution in [-0.4, -0.2) is 29.8 Å². The minimum Gasteiger partial charge on any atom is -0.375 e. The molecule has 0 heterocycles. The number of Topliss-reactive ketones (excluding diaryl/α,β-unsaturated/α-hetero) is 2. The maximum absolute atomic E-state index is 13.1. The maximum atomic E-state index is 13.1. The molecule has 2 aromatic rings. The Labute approximate surface area is 135 Å². The summed E-state index contributed by atoms with van der Waals surface area (Å²) < 4.78 is 5.67. The van der Waals surface area contributed by atoms with Crippen molar-refractivity contribution in [2.24, 2.45) is 0 Å². The third-order valence-electron chi connectivity index (χ3n) is 4.27. The van der Waals surface area contributed by atoms with Gasteiger partial charge in [0.05, 0.1) is 6.10 Å². The van der Waals surface area contributed by atoms with E-state index >= 15 is 0 Å². The molecule has 3 rings (SSSR count). The molecule has 0 saturated heterocycles. The van der Waals surface area contributed by atoms with Gasteiger partial charge in [0.2, 0.25) is 0 Å². The molecule has 0 aliphatic heterocycles. The van der Waals surface area contributed by atoms with Crippen LogP contribution in [0.15, 0.2) is 54.6 Å². The monoisotopic (exact) mass is 309 g/mol. The standard InChI is InChI=1S/C19H19NO3/c1-3-23-13(2)19(20-14-9-5-4-6-10-14)17(21)15-11-7-8-12-16(15)18(19)22/h4-13,20H,3H2,1-2H3. The van der Waals surface area contributed by atoms with Crippen LogP contribution >= 0.6 is 0 Å². The predicted octanol–water partition coefficient (Wildman–Crippen LogP) is 3.34. The summed E-state index contributed by atoms with van der Waals surface area (Å²) in [6, 6.07) is 16.2. The summed E-state index contributed by atoms with van der Waals surface area (Å²) in [5.41, 5.74) is 0.203. The molecule has 1 N–H and O–H groups in total. The molecule has 0 spiro atoms. The molecule has 2 aromatic carbocycles. The molecule has 1 atom stereocenters. The number of nitrogens with one attached hydrogen (secondary N) is 1. The van der Waals surface area contributed by atoms with Crippen molar-refractivity contribution >= 4 is 17.3 Å². The van der Waals surface area contributed by atoms with Crippen LogP contribution in [0.1, 0.15) is 34.6 Å². The van der Waals surface area contributed by atoms with E-state index in [4.69, 9.17) is 4.74 Å². The van der Waals surface area contributed by atoms with Crippen LogP contribution in [0, 0.1) is 0 Å². The molecular weight excluding hydrogens is 290 g/mol. The van der Waals surface area contributed by atoms with E-state index in [2.05, 4.69) is 5.32 Å². The predicted molar refractivity (Wildman–Crippen MR) is 89.0 cm³/mol. The van der Waals surface area contributed by atoms with Crippen LogP contribution in [0.25, 0.3) is 0 Å². The first kappa shape index (κ1) is 15.4. The molecule has 118 valence electrons. The zero-order chi connectivity index (χ0) is 16.4. The fourth-order valence-corrected chi connectivity index (χ4v) is 3.12. The van der Waals surface area contributed by atoms with Gasteiger partial charge >= 0.3 is 0 Å². The molecule has 0 fully saturated rings. The molecule has 0 amide bonds. The van der Waals surface area contributed by atoms with E-state index in [0.717, 1.165) is 0 Å². The van der Waals surface area contributed by atoms with Crippen LogP contribution < -0.4 is 5.32 Å². The number of hydrogen-bond acceptors (Lipinski definition) is 4. The van der Waals surface area contributed by atoms with E-state index in [0.29, 0.717) is 23.4 Å². The van der Waals surface area contributed by atoms with E-state index in [-0.39, 0.29) is 11.6 Å². The van der Waals surface area contributed by atoms with E-state index in [1.807, 2.05) is 37.3 Å². The third kappa shape index (κ3) is 2.35. The van der Waals surface area contributed by atoms with Gasteiger partial charge in [-0.1, -0.05) is 42.5 Å². The number of rotatable bonds is 5. The van der Waals surface area contributed by atoms with Crippen LogP contribution in [0.4, 0.5) is 5.69 Å². The summed E-state index contributed by atoms with van der Waals surface area (Å²) in [5.74, 6) is -0.467. The van der Waals surface area contributed by atoms with Crippen LogP contribution in [0.5, 0.6) is 0 Å². The topological polar surface area (TPSA) is 55.4 Å². The first-order chi connectivity index (χ1) is 11.1. The molecule has 1 aliphatic carbocycles. The lowest BCUT2D eigenvalue weighted by atomic mass is 9.87. The molecular formula is C19H19NO3. The number of carbonyl (C=O) groups excluding carboxylic acids is 2. The lowest BCUT2D eigenvalue weighted by molar-refractivity contribution is 0.0280. The molecule has 1 unspecified atom stereocenters. The molecule has 23 heavy (non-hydrogen) atoms. The number of para-hydroxylation sites is 1. The van der Waals surface area contributed by atoms with Crippen molar-refractivity contribution in [1.82, 2.24) is 0 Å². The Morgan fingerprint density at radius 1 is 0.957 bits per heavy atom. The Bertz CT molecular complexity index is 704. The number of fused-ring (bicyclic) bond motifs is 1. The lowest BCUT2D eigenvalue weighted by Crippen LogP contribution is -2.58. The molecule has 0 aromatic heterocycles. The Hall–Kier alpha value is -2.46. The summed E-state index contributed by atoms with van der Waals surface area (Å²) in [7, 11) is 0. The summed E-state index contributed by atoms with van der Waals surface area (Å²) in [6.07, 6.45) is -0.583. The van der Waals surface area contributed by atoms with Gasteiger partial charge in [-0.25, -0.2) is 0 Å². The SMILES string of the molecule is CCOC(C)C1(Nc2ccccc2)C(=O)c2ccccc2C1=O. The number of hydrogen-bond donors (Lipinski definition) is 1. The zero-order valence-electron chi connectivity index (χ0n) is 13.2. The number of carbonyl (C=O) groups is 2. The minimum atomic E-state index is -1.42. The highest BCUT2D eigenvalue weighted by Gasteiger charge is 2.57. The van der Waals surface area contributed by atoms with Gasteiger partial charge in [0, 0.05) is 23.4 Å². The van der Waals surface area contributed by atoms with Crippen molar-refractivity contribution in [3.8, 4) is 0 Å². The lowest BCUT2D eigenvalue weighted by Gasteiger charge is -2.33. The largest absolute Gasteiger partial charge is 0.375 e. The highest BCUT2D eigenvalue weighted by molar-refractivity contribution is 6.34. The van der Waals surface area contributed by atoms with Gasteiger partial charge in [-0.05, 0) is 26.0 Å². The average Bonchev–Trinajstić information content (AvgIpc) is 2.79. The molecule has 0 bridgehead atoms. The first-order valence-corrected chi connectivity index (χ1v) is 7.74. The number of anilines is 1. The Balaban J connectivity index is 2.11. The normalized spacial score (nSPS) is 17.0. The second-order valence-corrected chi connectivity index (χ2v) is 5.60. The van der Waals surface area contributed by atoms with Gasteiger partial charge in [0.1, 0.15) is 0 Å². The zero-order valence-corrected chi connectivity index (χ0v) is 13.2. The molecule has 4 heteroatoms. The Morgan fingerprint density at radius 2 is 1.48 bits per heavy atom. The van der Waals surface area contributed by atoms with Crippen LogP contribution in [0.3, 0.4) is 0 Å². The van der Waals surface area contributed by atoms with Crippen molar-refractivity contribution in [2.45, 2.75) is 25.5 Å². The number of benzene rings is 2. The summed E-state index contributed by atoms with van der Waals surface area (Å²) in [6.45, 7) is 4.04. The van der Waals surface area contributed by atoms with Crippen molar-refractivity contribution in [2.75, 3.05) is 11.9 Å². The van der Waals surface area contributed by atoms with Crippen molar-refractivity contribution in [3.05, 3.63) is 65.7 Å². The second kappa shape index (κ2) is 5.97. The van der Waals surface area contributed by atoms with E-state index in [1.165, 1.54) is 0 Å². The fraction of sp³-hybridized carbons (Fsp3) is 0.263. The quantitative estimate of drug-likeness (QED) is 0.861. The van der Waals surface area contributed by atoms with Crippen LogP contribution in [0.2, 0.25) is 0 Å². The van der Waals surface area contributed by atoms with E-state index < -0.39 is 11.6 Å². The highest BCUT2D eigenvalue weighted by atomic mass is 16.5. The number of ether oxygens (including phenoxy) is 1. The van der Waals surface area contributed by atoms with E-state index in [9.17, 15) is 9.59 Å². The average molecular weight is 309 g/mol. The second-order valence-electron chi connectivity index (χ2n) is 5.60. The highest BCUT2D eigenvalue weighted by Crippen LogP contribution is 2.36. The van der Waals surface area contributed by atoms with Gasteiger partial charge in [0.15, 0.2) is 17.1 Å². The summed E-state index contributed by atoms with van der Waals surface area (Å²) in [4.78, 5) is 26.2. The summed E-state index contributed by atoms with van der Waals surface area (Å²) >= 11 is 0. The van der Waals surface area contributed by atoms with Gasteiger partial charge in [-0.2, -0.15) is 0 Å². The van der Waals surface area contributed by atoms with Gasteiger partial charge in [0.25, 0.3) is 0 Å². The molecule has 0 radical (unpaired) electrons. The third-order valence-corrected chi connectivity index (χ3v) is 4.27. The van der Waals surface area contributed by atoms with Crippen molar-refractivity contribution in [3.63, 3.8) is 0 Å². The van der Waals surface area contributed by atoms with E-state index in [1.54, 1.807) is 31.2 Å².